The Balaban J connectivity index is 2.53. The summed E-state index contributed by atoms with van der Waals surface area (Å²) in [6, 6.07) is 7.14. The maximum Gasteiger partial charge on any atom is 0.108 e. The van der Waals surface area contributed by atoms with E-state index in [0.29, 0.717) is 12.2 Å². The lowest BCUT2D eigenvalue weighted by atomic mass is 10.2. The van der Waals surface area contributed by atoms with Gasteiger partial charge in [0.15, 0.2) is 0 Å². The van der Waals surface area contributed by atoms with Crippen LogP contribution in [0, 0.1) is 4.91 Å². The number of nitroso groups, excluding NO2 is 1. The van der Waals surface area contributed by atoms with Gasteiger partial charge in [0.05, 0.1) is 6.61 Å². The molecule has 0 aliphatic heterocycles. The van der Waals surface area contributed by atoms with Gasteiger partial charge in [-0.15, -0.1) is 4.91 Å². The minimum Gasteiger partial charge on any atom is -0.395 e. The molecule has 2 aromatic rings. The van der Waals surface area contributed by atoms with E-state index in [0.717, 1.165) is 10.9 Å². The van der Waals surface area contributed by atoms with Gasteiger partial charge in [-0.05, 0) is 29.4 Å². The van der Waals surface area contributed by atoms with Crippen LogP contribution in [-0.2, 0) is 6.54 Å². The molecule has 2 rings (SSSR count). The van der Waals surface area contributed by atoms with Crippen LogP contribution in [0.5, 0.6) is 0 Å². The summed E-state index contributed by atoms with van der Waals surface area (Å²) in [7, 11) is 0. The van der Waals surface area contributed by atoms with Crippen LogP contribution in [0.1, 0.15) is 0 Å². The maximum absolute atomic E-state index is 10.3. The van der Waals surface area contributed by atoms with Crippen LogP contribution in [0.4, 0.5) is 5.69 Å². The van der Waals surface area contributed by atoms with Crippen LogP contribution in [-0.4, -0.2) is 16.3 Å². The summed E-state index contributed by atoms with van der Waals surface area (Å²) >= 11 is 0. The summed E-state index contributed by atoms with van der Waals surface area (Å²) in [5.74, 6) is 0. The highest BCUT2D eigenvalue weighted by atomic mass is 16.3. The average molecular weight is 190 g/mol. The van der Waals surface area contributed by atoms with Gasteiger partial charge >= 0.3 is 0 Å². The number of benzene rings is 1. The number of fused-ring (bicyclic) bond motifs is 1. The fraction of sp³-hybridized carbons (Fsp3) is 0.200. The highest BCUT2D eigenvalue weighted by molar-refractivity contribution is 5.83. The Hall–Kier alpha value is -1.68. The van der Waals surface area contributed by atoms with Crippen LogP contribution in [0.25, 0.3) is 10.9 Å². The quantitative estimate of drug-likeness (QED) is 0.753. The number of aromatic nitrogens is 1. The Kier molecular flexibility index (Phi) is 2.28. The Morgan fingerprint density at radius 1 is 1.36 bits per heavy atom. The van der Waals surface area contributed by atoms with Crippen molar-refractivity contribution in [3.05, 3.63) is 35.4 Å². The predicted octanol–water partition coefficient (Wildman–Crippen LogP) is 2.03. The lowest BCUT2D eigenvalue weighted by Gasteiger charge is -2.01. The molecule has 0 aliphatic rings. The van der Waals surface area contributed by atoms with E-state index in [1.165, 1.54) is 0 Å². The summed E-state index contributed by atoms with van der Waals surface area (Å²) < 4.78 is 1.93. The topological polar surface area (TPSA) is 54.6 Å². The molecule has 0 saturated carbocycles. The highest BCUT2D eigenvalue weighted by Crippen LogP contribution is 2.21. The first-order chi connectivity index (χ1) is 6.85. The number of nitrogens with zero attached hydrogens (tertiary/aromatic N) is 2. The molecule has 0 aliphatic carbocycles. The van der Waals surface area contributed by atoms with Gasteiger partial charge in [0, 0.05) is 23.6 Å². The van der Waals surface area contributed by atoms with E-state index in [2.05, 4.69) is 5.18 Å². The number of hydrogen-bond donors (Lipinski definition) is 1. The molecule has 1 heterocycles. The number of aliphatic hydroxyl groups excluding tert-OH is 1. The lowest BCUT2D eigenvalue weighted by molar-refractivity contribution is 0.278. The van der Waals surface area contributed by atoms with Crippen molar-refractivity contribution in [3.63, 3.8) is 0 Å². The van der Waals surface area contributed by atoms with Crippen LogP contribution < -0.4 is 0 Å². The number of hydrogen-bond acceptors (Lipinski definition) is 3. The van der Waals surface area contributed by atoms with E-state index in [1.807, 2.05) is 22.9 Å². The fourth-order valence-corrected chi connectivity index (χ4v) is 1.55. The monoisotopic (exact) mass is 190 g/mol. The number of aliphatic hydroxyl groups is 1. The van der Waals surface area contributed by atoms with Crippen molar-refractivity contribution < 1.29 is 5.11 Å². The molecule has 0 amide bonds. The van der Waals surface area contributed by atoms with Gasteiger partial charge in [-0.3, -0.25) is 0 Å². The molecule has 0 unspecified atom stereocenters. The van der Waals surface area contributed by atoms with Crippen molar-refractivity contribution in [2.75, 3.05) is 6.61 Å². The minimum atomic E-state index is 0.109. The van der Waals surface area contributed by atoms with Crippen molar-refractivity contribution in [3.8, 4) is 0 Å². The number of rotatable bonds is 3. The van der Waals surface area contributed by atoms with Gasteiger partial charge in [0.1, 0.15) is 5.69 Å². The first kappa shape index (κ1) is 8.90. The first-order valence-corrected chi connectivity index (χ1v) is 4.38. The Morgan fingerprint density at radius 3 is 2.93 bits per heavy atom. The van der Waals surface area contributed by atoms with Crippen LogP contribution in [0.2, 0.25) is 0 Å². The average Bonchev–Trinajstić information content (AvgIpc) is 2.61. The van der Waals surface area contributed by atoms with Crippen molar-refractivity contribution in [1.29, 1.82) is 0 Å². The van der Waals surface area contributed by atoms with E-state index in [9.17, 15) is 4.91 Å². The Bertz CT molecular complexity index is 462. The summed E-state index contributed by atoms with van der Waals surface area (Å²) in [6.45, 7) is 0.675. The normalized spacial score (nSPS) is 10.6. The zero-order valence-electron chi connectivity index (χ0n) is 7.55. The van der Waals surface area contributed by atoms with Crippen molar-refractivity contribution in [1.82, 2.24) is 4.57 Å². The molecule has 0 saturated heterocycles. The molecule has 0 fully saturated rings. The second-order valence-electron chi connectivity index (χ2n) is 3.07. The zero-order valence-corrected chi connectivity index (χ0v) is 7.55. The van der Waals surface area contributed by atoms with Crippen LogP contribution in [0.3, 0.4) is 0 Å². The van der Waals surface area contributed by atoms with Crippen LogP contribution in [0.15, 0.2) is 35.6 Å². The van der Waals surface area contributed by atoms with E-state index < -0.39 is 0 Å². The van der Waals surface area contributed by atoms with Gasteiger partial charge in [-0.2, -0.15) is 0 Å². The largest absolute Gasteiger partial charge is 0.395 e. The van der Waals surface area contributed by atoms with Gasteiger partial charge < -0.3 is 9.67 Å². The summed E-state index contributed by atoms with van der Waals surface area (Å²) in [6.07, 6.45) is 1.88. The summed E-state index contributed by atoms with van der Waals surface area (Å²) in [4.78, 5) is 10.3. The molecule has 72 valence electrons. The second kappa shape index (κ2) is 3.59. The highest BCUT2D eigenvalue weighted by Gasteiger charge is 2.01. The lowest BCUT2D eigenvalue weighted by Crippen LogP contribution is -1.99. The van der Waals surface area contributed by atoms with Gasteiger partial charge in [-0.1, -0.05) is 0 Å². The fourth-order valence-electron chi connectivity index (χ4n) is 1.55. The third-order valence-electron chi connectivity index (χ3n) is 2.20. The summed E-state index contributed by atoms with van der Waals surface area (Å²) in [5.41, 5.74) is 1.44. The van der Waals surface area contributed by atoms with Gasteiger partial charge in [0.25, 0.3) is 0 Å². The van der Waals surface area contributed by atoms with E-state index in [4.69, 9.17) is 5.11 Å². The standard InChI is InChI=1S/C10H10N2O2/c13-6-5-12-4-3-8-7-9(11-14)1-2-10(8)12/h1-4,7,13H,5-6H2. The molecule has 4 nitrogen and oxygen atoms in total. The van der Waals surface area contributed by atoms with E-state index in [-0.39, 0.29) is 6.61 Å². The summed E-state index contributed by atoms with van der Waals surface area (Å²) in [5, 5.41) is 12.6. The smallest absolute Gasteiger partial charge is 0.108 e. The SMILES string of the molecule is O=Nc1ccc2c(ccn2CCO)c1. The third kappa shape index (κ3) is 1.40. The van der Waals surface area contributed by atoms with E-state index >= 15 is 0 Å². The van der Waals surface area contributed by atoms with Crippen LogP contribution >= 0.6 is 0 Å². The Labute approximate surface area is 80.8 Å². The second-order valence-corrected chi connectivity index (χ2v) is 3.07. The Morgan fingerprint density at radius 2 is 2.21 bits per heavy atom. The molecule has 0 spiro atoms. The molecule has 0 bridgehead atoms. The molecule has 14 heavy (non-hydrogen) atoms. The molecule has 4 heteroatoms. The molecular weight excluding hydrogens is 180 g/mol. The molecular formula is C10H10N2O2. The molecule has 0 radical (unpaired) electrons. The van der Waals surface area contributed by atoms with Crippen molar-refractivity contribution in [2.24, 2.45) is 5.18 Å². The van der Waals surface area contributed by atoms with E-state index in [1.54, 1.807) is 12.1 Å². The predicted molar refractivity (Wildman–Crippen MR) is 54.5 cm³/mol. The van der Waals surface area contributed by atoms with Crippen molar-refractivity contribution in [2.45, 2.75) is 6.54 Å². The third-order valence-corrected chi connectivity index (χ3v) is 2.20. The first-order valence-electron chi connectivity index (χ1n) is 4.38. The molecule has 1 aromatic heterocycles. The molecule has 1 aromatic carbocycles. The molecule has 0 atom stereocenters. The molecule has 1 N–H and O–H groups in total. The van der Waals surface area contributed by atoms with Gasteiger partial charge in [0.2, 0.25) is 0 Å². The maximum atomic E-state index is 10.3. The van der Waals surface area contributed by atoms with Gasteiger partial charge in [-0.25, -0.2) is 0 Å². The zero-order chi connectivity index (χ0) is 9.97. The van der Waals surface area contributed by atoms with Crippen molar-refractivity contribution >= 4 is 16.6 Å². The minimum absolute atomic E-state index is 0.109.